The Bertz CT molecular complexity index is 895. The van der Waals surface area contributed by atoms with Crippen LogP contribution in [-0.4, -0.2) is 22.6 Å². The van der Waals surface area contributed by atoms with E-state index in [1.165, 1.54) is 0 Å². The third-order valence-electron chi connectivity index (χ3n) is 4.19. The van der Waals surface area contributed by atoms with Gasteiger partial charge in [0.05, 0.1) is 24.6 Å². The zero-order chi connectivity index (χ0) is 18.0. The number of fused-ring (bicyclic) bond motifs is 1. The number of methoxy groups -OCH3 is 1. The van der Waals surface area contributed by atoms with Crippen LogP contribution in [0.4, 0.5) is 5.69 Å². The first-order valence-electron chi connectivity index (χ1n) is 8.39. The smallest absolute Gasteiger partial charge is 0.228 e. The number of amides is 1. The molecule has 130 valence electrons. The quantitative estimate of drug-likeness (QED) is 0.762. The number of hydrogen-bond donors (Lipinski definition) is 1. The molecular formula is C20H23N3O2. The molecule has 0 aliphatic carbocycles. The molecule has 25 heavy (non-hydrogen) atoms. The van der Waals surface area contributed by atoms with Crippen molar-refractivity contribution < 1.29 is 9.53 Å². The van der Waals surface area contributed by atoms with E-state index in [0.29, 0.717) is 12.5 Å². The Morgan fingerprint density at radius 3 is 2.56 bits per heavy atom. The van der Waals surface area contributed by atoms with Gasteiger partial charge in [-0.25, -0.2) is 4.98 Å². The molecule has 5 heteroatoms. The first-order chi connectivity index (χ1) is 12.0. The Kier molecular flexibility index (Phi) is 4.74. The van der Waals surface area contributed by atoms with E-state index in [1.54, 1.807) is 7.11 Å². The van der Waals surface area contributed by atoms with E-state index in [4.69, 9.17) is 4.74 Å². The van der Waals surface area contributed by atoms with Crippen molar-refractivity contribution in [3.63, 3.8) is 0 Å². The largest absolute Gasteiger partial charge is 0.497 e. The van der Waals surface area contributed by atoms with Gasteiger partial charge >= 0.3 is 0 Å². The second-order valence-corrected chi connectivity index (χ2v) is 6.40. The van der Waals surface area contributed by atoms with Crippen LogP contribution in [0.2, 0.25) is 0 Å². The first-order valence-corrected chi connectivity index (χ1v) is 8.39. The third kappa shape index (κ3) is 3.65. The van der Waals surface area contributed by atoms with E-state index < -0.39 is 0 Å². The maximum absolute atomic E-state index is 12.3. The normalized spacial score (nSPS) is 11.1. The highest BCUT2D eigenvalue weighted by Crippen LogP contribution is 2.22. The predicted molar refractivity (Wildman–Crippen MR) is 100 cm³/mol. The number of aromatic nitrogens is 2. The van der Waals surface area contributed by atoms with Crippen LogP contribution in [0.15, 0.2) is 42.5 Å². The van der Waals surface area contributed by atoms with Crippen molar-refractivity contribution in [1.82, 2.24) is 9.55 Å². The highest BCUT2D eigenvalue weighted by atomic mass is 16.5. The van der Waals surface area contributed by atoms with Gasteiger partial charge in [-0.05, 0) is 62.7 Å². The van der Waals surface area contributed by atoms with Gasteiger partial charge in [0.15, 0.2) is 0 Å². The number of hydrogen-bond acceptors (Lipinski definition) is 3. The standard InChI is InChI=1S/C20H23N3O2/c1-13(2)23-14(3)21-18-11-15(5-10-19(18)23)12-20(24)22-16-6-8-17(25-4)9-7-16/h5-11,13H,12H2,1-4H3,(H,22,24). The summed E-state index contributed by atoms with van der Waals surface area (Å²) in [7, 11) is 1.62. The molecule has 0 radical (unpaired) electrons. The van der Waals surface area contributed by atoms with Gasteiger partial charge in [0, 0.05) is 11.7 Å². The number of nitrogens with one attached hydrogen (secondary N) is 1. The van der Waals surface area contributed by atoms with Crippen LogP contribution >= 0.6 is 0 Å². The number of carbonyl (C=O) groups is 1. The van der Waals surface area contributed by atoms with Gasteiger partial charge < -0.3 is 14.6 Å². The molecule has 2 aromatic carbocycles. The molecule has 5 nitrogen and oxygen atoms in total. The molecule has 0 unspecified atom stereocenters. The molecule has 0 bridgehead atoms. The van der Waals surface area contributed by atoms with Crippen LogP contribution in [0, 0.1) is 6.92 Å². The lowest BCUT2D eigenvalue weighted by atomic mass is 10.1. The van der Waals surface area contributed by atoms with Gasteiger partial charge in [0.2, 0.25) is 5.91 Å². The van der Waals surface area contributed by atoms with Crippen LogP contribution < -0.4 is 10.1 Å². The second kappa shape index (κ2) is 6.97. The van der Waals surface area contributed by atoms with E-state index in [-0.39, 0.29) is 5.91 Å². The van der Waals surface area contributed by atoms with E-state index in [2.05, 4.69) is 28.7 Å². The summed E-state index contributed by atoms with van der Waals surface area (Å²) in [5.74, 6) is 1.70. The van der Waals surface area contributed by atoms with Gasteiger partial charge in [-0.2, -0.15) is 0 Å². The van der Waals surface area contributed by atoms with Gasteiger partial charge in [-0.3, -0.25) is 4.79 Å². The van der Waals surface area contributed by atoms with Crippen molar-refractivity contribution >= 4 is 22.6 Å². The van der Waals surface area contributed by atoms with Crippen LogP contribution in [0.25, 0.3) is 11.0 Å². The van der Waals surface area contributed by atoms with Crippen molar-refractivity contribution in [2.45, 2.75) is 33.2 Å². The Labute approximate surface area is 147 Å². The topological polar surface area (TPSA) is 56.1 Å². The van der Waals surface area contributed by atoms with E-state index in [0.717, 1.165) is 33.9 Å². The number of imidazole rings is 1. The number of ether oxygens (including phenoxy) is 1. The summed E-state index contributed by atoms with van der Waals surface area (Å²) in [5.41, 5.74) is 3.74. The number of carbonyl (C=O) groups excluding carboxylic acids is 1. The minimum atomic E-state index is -0.0514. The van der Waals surface area contributed by atoms with E-state index in [1.807, 2.05) is 49.4 Å². The van der Waals surface area contributed by atoms with Crippen LogP contribution in [0.5, 0.6) is 5.75 Å². The van der Waals surface area contributed by atoms with Crippen LogP contribution in [0.1, 0.15) is 31.3 Å². The first kappa shape index (κ1) is 17.0. The summed E-state index contributed by atoms with van der Waals surface area (Å²) in [4.78, 5) is 16.9. The van der Waals surface area contributed by atoms with Crippen molar-refractivity contribution in [1.29, 1.82) is 0 Å². The molecule has 3 aromatic rings. The molecule has 0 saturated carbocycles. The SMILES string of the molecule is COc1ccc(NC(=O)Cc2ccc3c(c2)nc(C)n3C(C)C)cc1. The summed E-state index contributed by atoms with van der Waals surface area (Å²) in [6.45, 7) is 6.30. The molecule has 0 saturated heterocycles. The fraction of sp³-hybridized carbons (Fsp3) is 0.300. The minimum Gasteiger partial charge on any atom is -0.497 e. The van der Waals surface area contributed by atoms with Gasteiger partial charge in [0.1, 0.15) is 11.6 Å². The lowest BCUT2D eigenvalue weighted by molar-refractivity contribution is -0.115. The summed E-state index contributed by atoms with van der Waals surface area (Å²) in [5, 5.41) is 2.90. The number of nitrogens with zero attached hydrogens (tertiary/aromatic N) is 2. The summed E-state index contributed by atoms with van der Waals surface area (Å²) in [6, 6.07) is 13.7. The van der Waals surface area contributed by atoms with Crippen molar-refractivity contribution in [2.24, 2.45) is 0 Å². The number of anilines is 1. The fourth-order valence-electron chi connectivity index (χ4n) is 3.09. The Morgan fingerprint density at radius 1 is 1.20 bits per heavy atom. The van der Waals surface area contributed by atoms with E-state index >= 15 is 0 Å². The number of benzene rings is 2. The summed E-state index contributed by atoms with van der Waals surface area (Å²) in [6.07, 6.45) is 0.315. The van der Waals surface area contributed by atoms with Crippen molar-refractivity contribution in [3.8, 4) is 5.75 Å². The maximum atomic E-state index is 12.3. The average molecular weight is 337 g/mol. The third-order valence-corrected chi connectivity index (χ3v) is 4.19. The molecule has 0 atom stereocenters. The zero-order valence-corrected chi connectivity index (χ0v) is 15.0. The monoisotopic (exact) mass is 337 g/mol. The predicted octanol–water partition coefficient (Wildman–Crippen LogP) is 4.12. The molecule has 1 aromatic heterocycles. The molecule has 0 aliphatic rings. The second-order valence-electron chi connectivity index (χ2n) is 6.40. The zero-order valence-electron chi connectivity index (χ0n) is 15.0. The van der Waals surface area contributed by atoms with Crippen LogP contribution in [-0.2, 0) is 11.2 Å². The fourth-order valence-corrected chi connectivity index (χ4v) is 3.09. The molecule has 1 N–H and O–H groups in total. The molecule has 0 spiro atoms. The van der Waals surface area contributed by atoms with Crippen molar-refractivity contribution in [2.75, 3.05) is 12.4 Å². The molecule has 1 heterocycles. The van der Waals surface area contributed by atoms with Gasteiger partial charge in [0.25, 0.3) is 0 Å². The molecule has 0 fully saturated rings. The summed E-state index contributed by atoms with van der Waals surface area (Å²) < 4.78 is 7.32. The molecule has 3 rings (SSSR count). The Balaban J connectivity index is 1.74. The maximum Gasteiger partial charge on any atom is 0.228 e. The van der Waals surface area contributed by atoms with Crippen molar-refractivity contribution in [3.05, 3.63) is 53.9 Å². The number of aryl methyl sites for hydroxylation is 1. The van der Waals surface area contributed by atoms with E-state index in [9.17, 15) is 4.79 Å². The number of rotatable bonds is 5. The average Bonchev–Trinajstić information content (AvgIpc) is 2.90. The Morgan fingerprint density at radius 2 is 1.92 bits per heavy atom. The Hall–Kier alpha value is -2.82. The highest BCUT2D eigenvalue weighted by molar-refractivity contribution is 5.93. The highest BCUT2D eigenvalue weighted by Gasteiger charge is 2.12. The lowest BCUT2D eigenvalue weighted by Crippen LogP contribution is -2.14. The lowest BCUT2D eigenvalue weighted by Gasteiger charge is -2.11. The molecular weight excluding hydrogens is 314 g/mol. The van der Waals surface area contributed by atoms with Gasteiger partial charge in [-0.15, -0.1) is 0 Å². The summed E-state index contributed by atoms with van der Waals surface area (Å²) >= 11 is 0. The molecule has 0 aliphatic heterocycles. The molecule has 1 amide bonds. The van der Waals surface area contributed by atoms with Crippen LogP contribution in [0.3, 0.4) is 0 Å². The van der Waals surface area contributed by atoms with Gasteiger partial charge in [-0.1, -0.05) is 6.07 Å². The minimum absolute atomic E-state index is 0.0514.